The van der Waals surface area contributed by atoms with Crippen LogP contribution in [0.1, 0.15) is 37.6 Å². The van der Waals surface area contributed by atoms with E-state index >= 15 is 0 Å². The van der Waals surface area contributed by atoms with Gasteiger partial charge in [0.2, 0.25) is 5.88 Å². The van der Waals surface area contributed by atoms with Crippen LogP contribution in [0.15, 0.2) is 48.5 Å². The Morgan fingerprint density at radius 2 is 1.71 bits per heavy atom. The van der Waals surface area contributed by atoms with Crippen molar-refractivity contribution < 1.29 is 27.1 Å². The summed E-state index contributed by atoms with van der Waals surface area (Å²) in [6, 6.07) is 12.1. The van der Waals surface area contributed by atoms with Gasteiger partial charge >= 0.3 is 12.3 Å². The van der Waals surface area contributed by atoms with Crippen molar-refractivity contribution in [1.29, 1.82) is 0 Å². The molecule has 0 bridgehead atoms. The maximum absolute atomic E-state index is 14.3. The first-order valence-electron chi connectivity index (χ1n) is 10.9. The first kappa shape index (κ1) is 26.6. The zero-order valence-corrected chi connectivity index (χ0v) is 20.9. The van der Waals surface area contributed by atoms with Crippen molar-refractivity contribution in [1.82, 2.24) is 9.47 Å². The van der Waals surface area contributed by atoms with Gasteiger partial charge in [-0.25, -0.2) is 9.18 Å². The summed E-state index contributed by atoms with van der Waals surface area (Å²) in [4.78, 5) is 14.3. The Morgan fingerprint density at radius 1 is 1.09 bits per heavy atom. The van der Waals surface area contributed by atoms with E-state index in [4.69, 9.17) is 16.3 Å². The first-order chi connectivity index (χ1) is 16.2. The number of hydrogen-bond donors (Lipinski definition) is 0. The number of ether oxygens (including phenoxy) is 1. The van der Waals surface area contributed by atoms with Gasteiger partial charge in [0.25, 0.3) is 0 Å². The highest BCUT2D eigenvalue weighted by Crippen LogP contribution is 2.45. The summed E-state index contributed by atoms with van der Waals surface area (Å²) < 4.78 is 63.4. The molecule has 0 atom stereocenters. The molecule has 1 amide bonds. The van der Waals surface area contributed by atoms with E-state index in [-0.39, 0.29) is 39.6 Å². The summed E-state index contributed by atoms with van der Waals surface area (Å²) in [6.45, 7) is 7.18. The van der Waals surface area contributed by atoms with Crippen molar-refractivity contribution in [2.45, 2.75) is 40.4 Å². The number of halogens is 5. The van der Waals surface area contributed by atoms with Crippen LogP contribution in [0.2, 0.25) is 5.02 Å². The largest absolute Gasteiger partial charge is 0.431 e. The fourth-order valence-corrected chi connectivity index (χ4v) is 4.22. The Labute approximate surface area is 207 Å². The lowest BCUT2D eigenvalue weighted by atomic mass is 9.96. The van der Waals surface area contributed by atoms with Crippen LogP contribution in [0, 0.1) is 18.2 Å². The molecule has 1 aromatic heterocycles. The Balaban J connectivity index is 2.25. The molecule has 0 saturated carbocycles. The smallest absolute Gasteiger partial charge is 0.392 e. The molecule has 35 heavy (non-hydrogen) atoms. The molecule has 3 aromatic rings. The number of amides is 1. The van der Waals surface area contributed by atoms with E-state index in [2.05, 4.69) is 0 Å². The second kappa shape index (κ2) is 9.93. The van der Waals surface area contributed by atoms with Crippen molar-refractivity contribution in [2.24, 2.45) is 5.41 Å². The summed E-state index contributed by atoms with van der Waals surface area (Å²) in [5, 5.41) is -0.256. The van der Waals surface area contributed by atoms with E-state index < -0.39 is 23.8 Å². The van der Waals surface area contributed by atoms with E-state index in [1.54, 1.807) is 30.3 Å². The summed E-state index contributed by atoms with van der Waals surface area (Å²) in [5.74, 6) is -0.997. The lowest BCUT2D eigenvalue weighted by molar-refractivity contribution is -0.144. The Bertz CT molecular complexity index is 1210. The highest BCUT2D eigenvalue weighted by Gasteiger charge is 2.41. The van der Waals surface area contributed by atoms with Gasteiger partial charge in [-0.15, -0.1) is 0 Å². The molecule has 0 aliphatic carbocycles. The van der Waals surface area contributed by atoms with E-state index in [9.17, 15) is 22.4 Å². The van der Waals surface area contributed by atoms with Gasteiger partial charge < -0.3 is 14.2 Å². The third-order valence-corrected chi connectivity index (χ3v) is 5.62. The van der Waals surface area contributed by atoms with Crippen molar-refractivity contribution in [3.63, 3.8) is 0 Å². The summed E-state index contributed by atoms with van der Waals surface area (Å²) in [5.41, 5.74) is -0.576. The fraction of sp³-hybridized carbons (Fsp3) is 0.346. The van der Waals surface area contributed by atoms with Crippen LogP contribution < -0.4 is 4.74 Å². The number of aromatic nitrogens is 1. The predicted molar refractivity (Wildman–Crippen MR) is 128 cm³/mol. The van der Waals surface area contributed by atoms with E-state index in [0.29, 0.717) is 12.1 Å². The topological polar surface area (TPSA) is 34.5 Å². The number of rotatable bonds is 5. The zero-order chi connectivity index (χ0) is 26.1. The van der Waals surface area contributed by atoms with E-state index in [0.717, 1.165) is 10.6 Å². The molecule has 2 aromatic carbocycles. The van der Waals surface area contributed by atoms with Gasteiger partial charge in [-0.05, 0) is 41.2 Å². The standard InChI is InChI=1S/C26H27ClF4N2O2/c1-16-21(18-11-12-20(28)19(27)13-18)23(35-24(34)32(5)15-25(2,3)4)33(22(16)26(29,30)31)14-17-9-7-6-8-10-17/h6-13H,14-15H2,1-5H3. The van der Waals surface area contributed by atoms with Crippen LogP contribution in [0.3, 0.4) is 0 Å². The van der Waals surface area contributed by atoms with Crippen LogP contribution in [-0.2, 0) is 12.7 Å². The molecule has 3 rings (SSSR count). The highest BCUT2D eigenvalue weighted by molar-refractivity contribution is 6.31. The second-order valence-electron chi connectivity index (χ2n) is 9.64. The number of benzene rings is 2. The summed E-state index contributed by atoms with van der Waals surface area (Å²) in [6.07, 6.45) is -5.56. The van der Waals surface area contributed by atoms with Crippen molar-refractivity contribution in [2.75, 3.05) is 13.6 Å². The van der Waals surface area contributed by atoms with Gasteiger partial charge in [0, 0.05) is 19.2 Å². The molecule has 0 spiro atoms. The molecule has 0 aliphatic rings. The molecular formula is C26H27ClF4N2O2. The molecule has 0 saturated heterocycles. The van der Waals surface area contributed by atoms with Gasteiger partial charge in [-0.2, -0.15) is 13.2 Å². The average molecular weight is 511 g/mol. The van der Waals surface area contributed by atoms with Gasteiger partial charge in [-0.1, -0.05) is 68.8 Å². The van der Waals surface area contributed by atoms with Gasteiger partial charge in [0.1, 0.15) is 11.5 Å². The third kappa shape index (κ3) is 6.17. The number of nitrogens with zero attached hydrogens (tertiary/aromatic N) is 2. The average Bonchev–Trinajstić information content (AvgIpc) is 3.00. The highest BCUT2D eigenvalue weighted by atomic mass is 35.5. The maximum atomic E-state index is 14.3. The minimum Gasteiger partial charge on any atom is -0.392 e. The minimum atomic E-state index is -4.75. The van der Waals surface area contributed by atoms with Crippen LogP contribution >= 0.6 is 11.6 Å². The number of alkyl halides is 3. The van der Waals surface area contributed by atoms with E-state index in [1.165, 1.54) is 31.0 Å². The van der Waals surface area contributed by atoms with Crippen molar-refractivity contribution in [3.8, 4) is 17.0 Å². The Morgan fingerprint density at radius 3 is 2.26 bits per heavy atom. The van der Waals surface area contributed by atoms with Gasteiger partial charge in [-0.3, -0.25) is 0 Å². The quantitative estimate of drug-likeness (QED) is 0.328. The molecule has 188 valence electrons. The molecule has 0 unspecified atom stereocenters. The zero-order valence-electron chi connectivity index (χ0n) is 20.1. The molecule has 0 N–H and O–H groups in total. The van der Waals surface area contributed by atoms with Gasteiger partial charge in [0.05, 0.1) is 11.6 Å². The molecular weight excluding hydrogens is 484 g/mol. The molecule has 0 aliphatic heterocycles. The monoisotopic (exact) mass is 510 g/mol. The second-order valence-corrected chi connectivity index (χ2v) is 10.0. The first-order valence-corrected chi connectivity index (χ1v) is 11.3. The minimum absolute atomic E-state index is 0.0210. The lowest BCUT2D eigenvalue weighted by Gasteiger charge is -2.26. The number of hydrogen-bond acceptors (Lipinski definition) is 2. The Kier molecular flexibility index (Phi) is 7.55. The van der Waals surface area contributed by atoms with Crippen LogP contribution in [0.5, 0.6) is 5.88 Å². The van der Waals surface area contributed by atoms with Crippen LogP contribution in [0.4, 0.5) is 22.4 Å². The normalized spacial score (nSPS) is 12.1. The third-order valence-electron chi connectivity index (χ3n) is 5.33. The van der Waals surface area contributed by atoms with Crippen molar-refractivity contribution in [3.05, 3.63) is 76.2 Å². The molecule has 4 nitrogen and oxygen atoms in total. The van der Waals surface area contributed by atoms with Crippen LogP contribution in [-0.4, -0.2) is 29.2 Å². The van der Waals surface area contributed by atoms with Crippen molar-refractivity contribution >= 4 is 17.7 Å². The predicted octanol–water partition coefficient (Wildman–Crippen LogP) is 7.80. The Hall–Kier alpha value is -3.00. The number of carbonyl (C=O) groups is 1. The summed E-state index contributed by atoms with van der Waals surface area (Å²) >= 11 is 5.94. The summed E-state index contributed by atoms with van der Waals surface area (Å²) in [7, 11) is 1.52. The maximum Gasteiger partial charge on any atom is 0.431 e. The fourth-order valence-electron chi connectivity index (χ4n) is 4.03. The van der Waals surface area contributed by atoms with Crippen LogP contribution in [0.25, 0.3) is 11.1 Å². The molecule has 1 heterocycles. The van der Waals surface area contributed by atoms with E-state index in [1.807, 2.05) is 20.8 Å². The molecule has 0 radical (unpaired) electrons. The SMILES string of the molecule is Cc1c(-c2ccc(F)c(Cl)c2)c(OC(=O)N(C)CC(C)(C)C)n(Cc2ccccc2)c1C(F)(F)F. The number of carbonyl (C=O) groups excluding carboxylic acids is 1. The lowest BCUT2D eigenvalue weighted by Crippen LogP contribution is -2.36. The van der Waals surface area contributed by atoms with Gasteiger partial charge in [0.15, 0.2) is 0 Å². The molecule has 9 heteroatoms. The molecule has 0 fully saturated rings.